The molecule has 0 fully saturated rings. The molecule has 0 atom stereocenters. The van der Waals surface area contributed by atoms with Crippen LogP contribution in [0.25, 0.3) is 0 Å². The fourth-order valence-electron chi connectivity index (χ4n) is 1.33. The van der Waals surface area contributed by atoms with Gasteiger partial charge in [-0.15, -0.1) is 6.58 Å². The molecule has 0 saturated carbocycles. The molecule has 0 aliphatic carbocycles. The summed E-state index contributed by atoms with van der Waals surface area (Å²) in [5.74, 6) is 0.446. The zero-order chi connectivity index (χ0) is 11.3. The number of aliphatic hydroxyl groups excluding tert-OH is 1. The highest BCUT2D eigenvalue weighted by molar-refractivity contribution is 5.95. The van der Waals surface area contributed by atoms with Crippen LogP contribution in [-0.2, 0) is 0 Å². The van der Waals surface area contributed by atoms with Gasteiger partial charge in [-0.25, -0.2) is 0 Å². The van der Waals surface area contributed by atoms with Gasteiger partial charge >= 0.3 is 0 Å². The second-order valence-corrected chi connectivity index (χ2v) is 3.15. The van der Waals surface area contributed by atoms with Crippen LogP contribution in [0.5, 0.6) is 0 Å². The Morgan fingerprint density at radius 3 is 2.93 bits per heavy atom. The van der Waals surface area contributed by atoms with Crippen molar-refractivity contribution in [2.45, 2.75) is 6.92 Å². The maximum atomic E-state index is 11.9. The molecule has 1 aromatic heterocycles. The van der Waals surface area contributed by atoms with Gasteiger partial charge in [0.05, 0.1) is 18.4 Å². The Bertz CT molecular complexity index is 343. The summed E-state index contributed by atoms with van der Waals surface area (Å²) in [5.41, 5.74) is 0.533. The molecule has 0 aromatic carbocycles. The van der Waals surface area contributed by atoms with Crippen molar-refractivity contribution in [2.24, 2.45) is 0 Å². The third-order valence-electron chi connectivity index (χ3n) is 2.10. The van der Waals surface area contributed by atoms with E-state index in [2.05, 4.69) is 6.58 Å². The maximum Gasteiger partial charge on any atom is 0.257 e. The largest absolute Gasteiger partial charge is 0.469 e. The minimum Gasteiger partial charge on any atom is -0.469 e. The molecule has 0 saturated heterocycles. The van der Waals surface area contributed by atoms with E-state index in [0.717, 1.165) is 0 Å². The zero-order valence-electron chi connectivity index (χ0n) is 8.77. The number of carbonyl (C=O) groups excluding carboxylic acids is 1. The molecule has 1 amide bonds. The Hall–Kier alpha value is -1.55. The summed E-state index contributed by atoms with van der Waals surface area (Å²) in [7, 11) is 0. The Morgan fingerprint density at radius 2 is 2.47 bits per heavy atom. The number of nitrogens with zero attached hydrogens (tertiary/aromatic N) is 1. The fraction of sp³-hybridized carbons (Fsp3) is 0.364. The van der Waals surface area contributed by atoms with Gasteiger partial charge in [-0.1, -0.05) is 6.08 Å². The zero-order valence-corrected chi connectivity index (χ0v) is 8.77. The normalized spacial score (nSPS) is 10.0. The molecule has 82 valence electrons. The number of amides is 1. The molecular formula is C11H15NO3. The van der Waals surface area contributed by atoms with Crippen molar-refractivity contribution < 1.29 is 14.3 Å². The summed E-state index contributed by atoms with van der Waals surface area (Å²) in [5, 5.41) is 8.83. The quantitative estimate of drug-likeness (QED) is 0.741. The minimum absolute atomic E-state index is 0.0590. The molecule has 1 N–H and O–H groups in total. The smallest absolute Gasteiger partial charge is 0.257 e. The van der Waals surface area contributed by atoms with Crippen molar-refractivity contribution in [2.75, 3.05) is 19.7 Å². The van der Waals surface area contributed by atoms with Crippen LogP contribution in [-0.4, -0.2) is 35.6 Å². The molecule has 0 spiro atoms. The maximum absolute atomic E-state index is 11.9. The highest BCUT2D eigenvalue weighted by Gasteiger charge is 2.17. The molecular weight excluding hydrogens is 194 g/mol. The Morgan fingerprint density at radius 1 is 1.73 bits per heavy atom. The Labute approximate surface area is 88.8 Å². The lowest BCUT2D eigenvalue weighted by molar-refractivity contribution is 0.0741. The average Bonchev–Trinajstić information content (AvgIpc) is 2.63. The van der Waals surface area contributed by atoms with Crippen molar-refractivity contribution in [3.8, 4) is 0 Å². The number of aliphatic hydroxyl groups is 1. The monoisotopic (exact) mass is 209 g/mol. The van der Waals surface area contributed by atoms with Gasteiger partial charge in [0, 0.05) is 13.1 Å². The average molecular weight is 209 g/mol. The van der Waals surface area contributed by atoms with Gasteiger partial charge in [-0.05, 0) is 13.0 Å². The standard InChI is InChI=1S/C11H15NO3/c1-3-5-12(6-7-13)11(14)10-4-8-15-9(10)2/h3-4,8,13H,1,5-7H2,2H3. The van der Waals surface area contributed by atoms with Gasteiger partial charge in [0.2, 0.25) is 0 Å². The van der Waals surface area contributed by atoms with E-state index in [0.29, 0.717) is 24.4 Å². The third-order valence-corrected chi connectivity index (χ3v) is 2.10. The van der Waals surface area contributed by atoms with Crippen LogP contribution < -0.4 is 0 Å². The first-order valence-corrected chi connectivity index (χ1v) is 4.75. The minimum atomic E-state index is -0.143. The highest BCUT2D eigenvalue weighted by atomic mass is 16.3. The summed E-state index contributed by atoms with van der Waals surface area (Å²) in [6.45, 7) is 5.97. The molecule has 0 aliphatic rings. The predicted molar refractivity (Wildman–Crippen MR) is 56.6 cm³/mol. The number of hydrogen-bond acceptors (Lipinski definition) is 3. The molecule has 0 aliphatic heterocycles. The van der Waals surface area contributed by atoms with Gasteiger partial charge in [-0.3, -0.25) is 4.79 Å². The van der Waals surface area contributed by atoms with E-state index >= 15 is 0 Å². The van der Waals surface area contributed by atoms with E-state index in [1.54, 1.807) is 19.1 Å². The summed E-state index contributed by atoms with van der Waals surface area (Å²) < 4.78 is 5.06. The van der Waals surface area contributed by atoms with Crippen LogP contribution in [0.3, 0.4) is 0 Å². The SMILES string of the molecule is C=CCN(CCO)C(=O)c1ccoc1C. The molecule has 0 bridgehead atoms. The van der Waals surface area contributed by atoms with Crippen molar-refractivity contribution in [1.82, 2.24) is 4.90 Å². The molecule has 4 heteroatoms. The molecule has 0 radical (unpaired) electrons. The Balaban J connectivity index is 2.80. The predicted octanol–water partition coefficient (Wildman–Crippen LogP) is 1.21. The van der Waals surface area contributed by atoms with Gasteiger partial charge in [-0.2, -0.15) is 0 Å². The number of rotatable bonds is 5. The van der Waals surface area contributed by atoms with Crippen molar-refractivity contribution in [3.05, 3.63) is 36.3 Å². The molecule has 1 aromatic rings. The van der Waals surface area contributed by atoms with Gasteiger partial charge in [0.1, 0.15) is 5.76 Å². The van der Waals surface area contributed by atoms with Crippen LogP contribution in [0, 0.1) is 6.92 Å². The molecule has 0 unspecified atom stereocenters. The lowest BCUT2D eigenvalue weighted by atomic mass is 10.2. The van der Waals surface area contributed by atoms with Crippen LogP contribution >= 0.6 is 0 Å². The number of furan rings is 1. The number of carbonyl (C=O) groups is 1. The van der Waals surface area contributed by atoms with E-state index in [1.807, 2.05) is 0 Å². The Kier molecular flexibility index (Phi) is 4.12. The molecule has 1 rings (SSSR count). The number of aryl methyl sites for hydroxylation is 1. The summed E-state index contributed by atoms with van der Waals surface area (Å²) in [6.07, 6.45) is 3.11. The van der Waals surface area contributed by atoms with Gasteiger partial charge in [0.15, 0.2) is 0 Å². The lowest BCUT2D eigenvalue weighted by Crippen LogP contribution is -2.33. The topological polar surface area (TPSA) is 53.7 Å². The van der Waals surface area contributed by atoms with Crippen molar-refractivity contribution in [1.29, 1.82) is 0 Å². The van der Waals surface area contributed by atoms with Crippen LogP contribution in [0.1, 0.15) is 16.1 Å². The highest BCUT2D eigenvalue weighted by Crippen LogP contribution is 2.11. The molecule has 1 heterocycles. The van der Waals surface area contributed by atoms with E-state index < -0.39 is 0 Å². The first kappa shape index (κ1) is 11.5. The van der Waals surface area contributed by atoms with E-state index in [1.165, 1.54) is 11.2 Å². The van der Waals surface area contributed by atoms with E-state index in [9.17, 15) is 4.79 Å². The lowest BCUT2D eigenvalue weighted by Gasteiger charge is -2.19. The van der Waals surface area contributed by atoms with Crippen LogP contribution in [0.2, 0.25) is 0 Å². The van der Waals surface area contributed by atoms with Crippen molar-refractivity contribution >= 4 is 5.91 Å². The van der Waals surface area contributed by atoms with Crippen LogP contribution in [0.15, 0.2) is 29.4 Å². The second-order valence-electron chi connectivity index (χ2n) is 3.15. The van der Waals surface area contributed by atoms with Gasteiger partial charge in [0.25, 0.3) is 5.91 Å². The number of hydrogen-bond donors (Lipinski definition) is 1. The third kappa shape index (κ3) is 2.70. The molecule has 4 nitrogen and oxygen atoms in total. The van der Waals surface area contributed by atoms with Gasteiger partial charge < -0.3 is 14.4 Å². The summed E-state index contributed by atoms with van der Waals surface area (Å²) >= 11 is 0. The van der Waals surface area contributed by atoms with Crippen molar-refractivity contribution in [3.63, 3.8) is 0 Å². The first-order valence-electron chi connectivity index (χ1n) is 4.75. The second kappa shape index (κ2) is 5.36. The summed E-state index contributed by atoms with van der Waals surface area (Å²) in [6, 6.07) is 1.63. The first-order chi connectivity index (χ1) is 7.20. The van der Waals surface area contributed by atoms with E-state index in [-0.39, 0.29) is 12.5 Å². The fourth-order valence-corrected chi connectivity index (χ4v) is 1.33. The van der Waals surface area contributed by atoms with E-state index in [4.69, 9.17) is 9.52 Å². The molecule has 15 heavy (non-hydrogen) atoms. The summed E-state index contributed by atoms with van der Waals surface area (Å²) in [4.78, 5) is 13.4. The van der Waals surface area contributed by atoms with Crippen LogP contribution in [0.4, 0.5) is 0 Å².